The van der Waals surface area contributed by atoms with Gasteiger partial charge in [0.1, 0.15) is 4.34 Å². The van der Waals surface area contributed by atoms with Gasteiger partial charge in [-0.1, -0.05) is 35.7 Å². The molecule has 0 bridgehead atoms. The van der Waals surface area contributed by atoms with Crippen molar-refractivity contribution in [2.24, 2.45) is 5.73 Å². The molecular weight excluding hydrogens is 248 g/mol. The van der Waals surface area contributed by atoms with Gasteiger partial charge in [0.25, 0.3) is 0 Å². The molecule has 0 saturated heterocycles. The fourth-order valence-electron chi connectivity index (χ4n) is 1.26. The van der Waals surface area contributed by atoms with E-state index in [0.717, 1.165) is 15.7 Å². The van der Waals surface area contributed by atoms with Gasteiger partial charge in [-0.3, -0.25) is 0 Å². The number of benzene rings is 1. The molecule has 4 heteroatoms. The van der Waals surface area contributed by atoms with Crippen LogP contribution in [0.15, 0.2) is 40.2 Å². The minimum Gasteiger partial charge on any atom is -0.320 e. The molecule has 0 aliphatic heterocycles. The van der Waals surface area contributed by atoms with Gasteiger partial charge < -0.3 is 5.73 Å². The molecule has 1 aromatic heterocycles. The summed E-state index contributed by atoms with van der Waals surface area (Å²) in [7, 11) is 0. The largest absolute Gasteiger partial charge is 0.320 e. The van der Waals surface area contributed by atoms with Crippen LogP contribution >= 0.6 is 23.1 Å². The summed E-state index contributed by atoms with van der Waals surface area (Å²) in [6.45, 7) is 0.404. The first kappa shape index (κ1) is 12.2. The highest BCUT2D eigenvalue weighted by Crippen LogP contribution is 2.24. The Morgan fingerprint density at radius 2 is 2.12 bits per heavy atom. The van der Waals surface area contributed by atoms with Crippen LogP contribution in [0.25, 0.3) is 0 Å². The molecule has 0 amide bonds. The predicted octanol–water partition coefficient (Wildman–Crippen LogP) is 2.75. The van der Waals surface area contributed by atoms with Gasteiger partial charge in [0.15, 0.2) is 0 Å². The molecule has 0 unspecified atom stereocenters. The number of thioether (sulfide) groups is 1. The van der Waals surface area contributed by atoms with Crippen LogP contribution in [0.5, 0.6) is 0 Å². The standard InChI is InChI=1S/C13H12N2S2/c14-7-1-2-11-3-5-12(6-4-11)10-17-13-15-8-9-16-13/h3-6,8-9H,7,10,14H2. The quantitative estimate of drug-likeness (QED) is 0.681. The second-order valence-electron chi connectivity index (χ2n) is 3.29. The zero-order valence-corrected chi connectivity index (χ0v) is 10.9. The molecule has 17 heavy (non-hydrogen) atoms. The third kappa shape index (κ3) is 3.90. The third-order valence-electron chi connectivity index (χ3n) is 2.06. The van der Waals surface area contributed by atoms with Gasteiger partial charge in [-0.25, -0.2) is 4.98 Å². The van der Waals surface area contributed by atoms with Crippen molar-refractivity contribution in [1.82, 2.24) is 4.98 Å². The highest BCUT2D eigenvalue weighted by molar-refractivity contribution is 8.00. The second-order valence-corrected chi connectivity index (χ2v) is 5.41. The van der Waals surface area contributed by atoms with E-state index in [1.807, 2.05) is 23.7 Å². The lowest BCUT2D eigenvalue weighted by atomic mass is 10.1. The Balaban J connectivity index is 1.94. The maximum Gasteiger partial charge on any atom is 0.150 e. The van der Waals surface area contributed by atoms with Crippen molar-refractivity contribution in [2.45, 2.75) is 10.1 Å². The van der Waals surface area contributed by atoms with E-state index in [1.54, 1.807) is 23.1 Å². The molecule has 1 heterocycles. The molecular formula is C13H12N2S2. The summed E-state index contributed by atoms with van der Waals surface area (Å²) < 4.78 is 1.11. The van der Waals surface area contributed by atoms with Crippen LogP contribution in [-0.2, 0) is 5.75 Å². The van der Waals surface area contributed by atoms with Crippen molar-refractivity contribution in [3.05, 3.63) is 47.0 Å². The van der Waals surface area contributed by atoms with E-state index in [2.05, 4.69) is 29.0 Å². The van der Waals surface area contributed by atoms with Gasteiger partial charge in [0, 0.05) is 22.9 Å². The Hall–Kier alpha value is -1.28. The van der Waals surface area contributed by atoms with Crippen molar-refractivity contribution >= 4 is 23.1 Å². The highest BCUT2D eigenvalue weighted by Gasteiger charge is 1.98. The fraction of sp³-hybridized carbons (Fsp3) is 0.154. The van der Waals surface area contributed by atoms with Crippen molar-refractivity contribution in [2.75, 3.05) is 6.54 Å². The zero-order valence-electron chi connectivity index (χ0n) is 9.22. The Kier molecular flexibility index (Phi) is 4.63. The summed E-state index contributed by atoms with van der Waals surface area (Å²) in [6, 6.07) is 8.25. The number of nitrogens with zero attached hydrogens (tertiary/aromatic N) is 1. The Morgan fingerprint density at radius 1 is 1.29 bits per heavy atom. The minimum absolute atomic E-state index is 0.404. The summed E-state index contributed by atoms with van der Waals surface area (Å²) in [5, 5.41) is 1.99. The molecule has 2 N–H and O–H groups in total. The van der Waals surface area contributed by atoms with Crippen molar-refractivity contribution < 1.29 is 0 Å². The molecule has 2 nitrogen and oxygen atoms in total. The molecule has 2 rings (SSSR count). The van der Waals surface area contributed by atoms with E-state index in [-0.39, 0.29) is 0 Å². The van der Waals surface area contributed by atoms with E-state index < -0.39 is 0 Å². The van der Waals surface area contributed by atoms with Gasteiger partial charge >= 0.3 is 0 Å². The van der Waals surface area contributed by atoms with Crippen molar-refractivity contribution in [3.63, 3.8) is 0 Å². The Morgan fingerprint density at radius 3 is 2.76 bits per heavy atom. The predicted molar refractivity (Wildman–Crippen MR) is 74.0 cm³/mol. The van der Waals surface area contributed by atoms with E-state index >= 15 is 0 Å². The summed E-state index contributed by atoms with van der Waals surface area (Å²) in [4.78, 5) is 4.23. The van der Waals surface area contributed by atoms with E-state index in [1.165, 1.54) is 5.56 Å². The summed E-state index contributed by atoms with van der Waals surface area (Å²) in [6.07, 6.45) is 1.83. The number of hydrogen-bond donors (Lipinski definition) is 1. The van der Waals surface area contributed by atoms with Crippen LogP contribution in [0.3, 0.4) is 0 Å². The molecule has 0 spiro atoms. The topological polar surface area (TPSA) is 38.9 Å². The maximum atomic E-state index is 5.33. The number of thiazole rings is 1. The summed E-state index contributed by atoms with van der Waals surface area (Å²) in [5.74, 6) is 6.79. The second kappa shape index (κ2) is 6.45. The first-order chi connectivity index (χ1) is 8.38. The smallest absolute Gasteiger partial charge is 0.150 e. The monoisotopic (exact) mass is 260 g/mol. The number of nitrogens with two attached hydrogens (primary N) is 1. The van der Waals surface area contributed by atoms with E-state index in [4.69, 9.17) is 5.73 Å². The Labute approximate surface area is 109 Å². The van der Waals surface area contributed by atoms with Crippen molar-refractivity contribution in [3.8, 4) is 11.8 Å². The molecule has 0 fully saturated rings. The Bertz CT molecular complexity index is 507. The van der Waals surface area contributed by atoms with Crippen LogP contribution in [0.4, 0.5) is 0 Å². The molecule has 0 aliphatic rings. The lowest BCUT2D eigenvalue weighted by Crippen LogP contribution is -1.93. The van der Waals surface area contributed by atoms with Gasteiger partial charge in [-0.15, -0.1) is 11.3 Å². The van der Waals surface area contributed by atoms with Crippen LogP contribution in [0.2, 0.25) is 0 Å². The van der Waals surface area contributed by atoms with Gasteiger partial charge in [-0.2, -0.15) is 0 Å². The summed E-state index contributed by atoms with van der Waals surface area (Å²) >= 11 is 3.43. The molecule has 1 aromatic carbocycles. The average molecular weight is 260 g/mol. The lowest BCUT2D eigenvalue weighted by molar-refractivity contribution is 1.24. The zero-order chi connectivity index (χ0) is 11.9. The minimum atomic E-state index is 0.404. The van der Waals surface area contributed by atoms with Gasteiger partial charge in [0.05, 0.1) is 6.54 Å². The molecule has 2 aromatic rings. The van der Waals surface area contributed by atoms with Crippen LogP contribution in [0, 0.1) is 11.8 Å². The molecule has 0 aliphatic carbocycles. The highest BCUT2D eigenvalue weighted by atomic mass is 32.2. The average Bonchev–Trinajstić information content (AvgIpc) is 2.88. The first-order valence-electron chi connectivity index (χ1n) is 5.18. The molecule has 0 atom stereocenters. The van der Waals surface area contributed by atoms with Crippen LogP contribution in [0.1, 0.15) is 11.1 Å². The number of aromatic nitrogens is 1. The molecule has 0 radical (unpaired) electrons. The lowest BCUT2D eigenvalue weighted by Gasteiger charge is -1.99. The fourth-order valence-corrected chi connectivity index (χ4v) is 2.86. The summed E-state index contributed by atoms with van der Waals surface area (Å²) in [5.41, 5.74) is 7.62. The number of hydrogen-bond acceptors (Lipinski definition) is 4. The maximum absolute atomic E-state index is 5.33. The van der Waals surface area contributed by atoms with Crippen molar-refractivity contribution in [1.29, 1.82) is 0 Å². The van der Waals surface area contributed by atoms with Crippen LogP contribution in [-0.4, -0.2) is 11.5 Å². The number of rotatable bonds is 3. The molecule has 0 saturated carbocycles. The van der Waals surface area contributed by atoms with Gasteiger partial charge in [-0.05, 0) is 17.7 Å². The normalized spacial score (nSPS) is 9.71. The van der Waals surface area contributed by atoms with Gasteiger partial charge in [0.2, 0.25) is 0 Å². The third-order valence-corrected chi connectivity index (χ3v) is 4.10. The van der Waals surface area contributed by atoms with E-state index in [0.29, 0.717) is 6.54 Å². The SMILES string of the molecule is NCC#Cc1ccc(CSc2nccs2)cc1. The van der Waals surface area contributed by atoms with E-state index in [9.17, 15) is 0 Å². The first-order valence-corrected chi connectivity index (χ1v) is 7.05. The molecule has 86 valence electrons. The van der Waals surface area contributed by atoms with Crippen LogP contribution < -0.4 is 5.73 Å².